The van der Waals surface area contributed by atoms with Crippen molar-refractivity contribution in [3.8, 4) is 0 Å². The average molecular weight is 684 g/mol. The summed E-state index contributed by atoms with van der Waals surface area (Å²) in [7, 11) is 0. The largest absolute Gasteiger partial charge is 0.391 e. The molecule has 6 rings (SSSR count). The number of rotatable bonds is 6. The van der Waals surface area contributed by atoms with Gasteiger partial charge in [0, 0.05) is 68.0 Å². The van der Waals surface area contributed by atoms with Crippen molar-refractivity contribution >= 4 is 40.4 Å². The molecule has 0 unspecified atom stereocenters. The zero-order valence-corrected chi connectivity index (χ0v) is 27.9. The molecule has 4 heterocycles. The molecule has 0 bridgehead atoms. The maximum Gasteiger partial charge on any atom is 0.276 e. The van der Waals surface area contributed by atoms with Gasteiger partial charge in [0.05, 0.1) is 12.6 Å². The molecule has 2 aliphatic rings. The summed E-state index contributed by atoms with van der Waals surface area (Å²) in [5.74, 6) is -2.44. The third-order valence-electron chi connectivity index (χ3n) is 9.13. The number of carbonyl (C=O) groups is 5. The second-order valence-electron chi connectivity index (χ2n) is 13.1. The van der Waals surface area contributed by atoms with E-state index < -0.39 is 60.3 Å². The van der Waals surface area contributed by atoms with Crippen molar-refractivity contribution in [3.63, 3.8) is 0 Å². The molecular weight excluding hydrogens is 642 g/mol. The molecule has 2 aromatic carbocycles. The molecule has 0 aliphatic carbocycles. The Morgan fingerprint density at radius 2 is 1.74 bits per heavy atom. The highest BCUT2D eigenvalue weighted by molar-refractivity contribution is 5.98. The van der Waals surface area contributed by atoms with Crippen LogP contribution in [0.4, 0.5) is 0 Å². The summed E-state index contributed by atoms with van der Waals surface area (Å²) in [5, 5.41) is 23.9. The Kier molecular flexibility index (Phi) is 10.3. The van der Waals surface area contributed by atoms with Gasteiger partial charge in [0.1, 0.15) is 23.9 Å². The van der Waals surface area contributed by atoms with Crippen molar-refractivity contribution < 1.29 is 33.6 Å². The number of amides is 5. The van der Waals surface area contributed by atoms with Crippen molar-refractivity contribution in [2.75, 3.05) is 26.2 Å². The normalized spacial score (nSPS) is 22.5. The Balaban J connectivity index is 1.34. The molecule has 262 valence electrons. The zero-order chi connectivity index (χ0) is 35.4. The summed E-state index contributed by atoms with van der Waals surface area (Å²) in [5.41, 5.74) is 2.40. The van der Waals surface area contributed by atoms with Gasteiger partial charge in [-0.3, -0.25) is 24.0 Å². The molecule has 2 fully saturated rings. The minimum absolute atomic E-state index is 0.000255. The molecule has 0 radical (unpaired) electrons. The van der Waals surface area contributed by atoms with Crippen molar-refractivity contribution in [3.05, 3.63) is 89.4 Å². The number of carbonyl (C=O) groups excluding carboxylic acids is 5. The number of para-hydroxylation sites is 1. The van der Waals surface area contributed by atoms with Crippen LogP contribution >= 0.6 is 0 Å². The summed E-state index contributed by atoms with van der Waals surface area (Å²) in [4.78, 5) is 74.8. The molecule has 4 aromatic rings. The number of H-pyrrole nitrogens is 1. The van der Waals surface area contributed by atoms with E-state index in [1.54, 1.807) is 6.20 Å². The van der Waals surface area contributed by atoms with Crippen molar-refractivity contribution in [2.24, 2.45) is 0 Å². The van der Waals surface area contributed by atoms with Crippen LogP contribution in [-0.2, 0) is 32.0 Å². The smallest absolute Gasteiger partial charge is 0.276 e. The second kappa shape index (κ2) is 14.9. The maximum atomic E-state index is 14.3. The molecule has 4 atom stereocenters. The first-order valence-corrected chi connectivity index (χ1v) is 16.8. The average Bonchev–Trinajstić information content (AvgIpc) is 3.86. The van der Waals surface area contributed by atoms with E-state index in [-0.39, 0.29) is 50.5 Å². The van der Waals surface area contributed by atoms with E-state index in [4.69, 9.17) is 4.52 Å². The van der Waals surface area contributed by atoms with Crippen LogP contribution in [0, 0.1) is 0 Å². The lowest BCUT2D eigenvalue weighted by Crippen LogP contribution is -2.57. The molecule has 14 heteroatoms. The third kappa shape index (κ3) is 7.70. The van der Waals surface area contributed by atoms with Crippen molar-refractivity contribution in [2.45, 2.75) is 63.3 Å². The summed E-state index contributed by atoms with van der Waals surface area (Å²) in [6.45, 7) is 3.08. The van der Waals surface area contributed by atoms with Crippen LogP contribution in [0.5, 0.6) is 0 Å². The lowest BCUT2D eigenvalue weighted by atomic mass is 10.0. The Morgan fingerprint density at radius 1 is 0.980 bits per heavy atom. The fraction of sp³-hybridized carbons (Fsp3) is 0.389. The summed E-state index contributed by atoms with van der Waals surface area (Å²) < 4.78 is 5.34. The topological polar surface area (TPSA) is 190 Å². The number of aromatic amines is 1. The van der Waals surface area contributed by atoms with E-state index in [1.807, 2.05) is 68.4 Å². The minimum atomic E-state index is -1.15. The van der Waals surface area contributed by atoms with Gasteiger partial charge < -0.3 is 40.4 Å². The maximum absolute atomic E-state index is 14.3. The van der Waals surface area contributed by atoms with E-state index in [0.29, 0.717) is 5.76 Å². The molecule has 50 heavy (non-hydrogen) atoms. The molecule has 2 aliphatic heterocycles. The number of nitrogens with zero attached hydrogens (tertiary/aromatic N) is 3. The highest BCUT2D eigenvalue weighted by Crippen LogP contribution is 2.24. The summed E-state index contributed by atoms with van der Waals surface area (Å²) >= 11 is 0. The highest BCUT2D eigenvalue weighted by atomic mass is 16.5. The fourth-order valence-electron chi connectivity index (χ4n) is 6.48. The molecule has 0 saturated carbocycles. The van der Waals surface area contributed by atoms with E-state index in [1.165, 1.54) is 15.9 Å². The van der Waals surface area contributed by atoms with Crippen LogP contribution in [-0.4, -0.2) is 105 Å². The second-order valence-corrected chi connectivity index (χ2v) is 13.1. The van der Waals surface area contributed by atoms with Gasteiger partial charge in [-0.15, -0.1) is 0 Å². The number of nitrogens with one attached hydrogen (secondary N) is 4. The van der Waals surface area contributed by atoms with Crippen LogP contribution in [0.2, 0.25) is 0 Å². The van der Waals surface area contributed by atoms with Crippen molar-refractivity contribution in [1.29, 1.82) is 0 Å². The van der Waals surface area contributed by atoms with Gasteiger partial charge in [0.15, 0.2) is 5.69 Å². The first-order valence-electron chi connectivity index (χ1n) is 16.8. The Bertz CT molecular complexity index is 1870. The number of fused-ring (bicyclic) bond motifs is 2. The molecule has 2 aromatic heterocycles. The van der Waals surface area contributed by atoms with Crippen LogP contribution in [0.1, 0.15) is 53.6 Å². The highest BCUT2D eigenvalue weighted by Gasteiger charge is 2.43. The van der Waals surface area contributed by atoms with Gasteiger partial charge in [-0.25, -0.2) is 0 Å². The van der Waals surface area contributed by atoms with Crippen LogP contribution < -0.4 is 16.0 Å². The molecule has 0 spiro atoms. The molecule has 14 nitrogen and oxygen atoms in total. The third-order valence-corrected chi connectivity index (χ3v) is 9.13. The zero-order valence-electron chi connectivity index (χ0n) is 27.9. The van der Waals surface area contributed by atoms with E-state index >= 15 is 0 Å². The van der Waals surface area contributed by atoms with Crippen LogP contribution in [0.15, 0.2) is 71.4 Å². The van der Waals surface area contributed by atoms with Crippen molar-refractivity contribution in [1.82, 2.24) is 35.9 Å². The van der Waals surface area contributed by atoms with Gasteiger partial charge in [0.25, 0.3) is 5.91 Å². The Morgan fingerprint density at radius 3 is 2.50 bits per heavy atom. The first-order chi connectivity index (χ1) is 24.1. The van der Waals surface area contributed by atoms with Gasteiger partial charge in [-0.05, 0) is 17.2 Å². The lowest BCUT2D eigenvalue weighted by Gasteiger charge is -2.30. The fourth-order valence-corrected chi connectivity index (χ4v) is 6.48. The molecular formula is C36H41N7O7. The molecule has 5 N–H and O–H groups in total. The number of benzene rings is 2. The number of aliphatic hydroxyl groups is 1. The summed E-state index contributed by atoms with van der Waals surface area (Å²) in [6.07, 6.45) is 0.959. The number of aromatic nitrogens is 2. The molecule has 2 saturated heterocycles. The number of aliphatic hydroxyl groups excluding tert-OH is 1. The van der Waals surface area contributed by atoms with E-state index in [0.717, 1.165) is 22.0 Å². The lowest BCUT2D eigenvalue weighted by molar-refractivity contribution is -0.142. The Hall–Kier alpha value is -5.50. The monoisotopic (exact) mass is 683 g/mol. The minimum Gasteiger partial charge on any atom is -0.391 e. The molecule has 5 amide bonds. The van der Waals surface area contributed by atoms with Gasteiger partial charge >= 0.3 is 0 Å². The van der Waals surface area contributed by atoms with Gasteiger partial charge in [-0.1, -0.05) is 67.5 Å². The van der Waals surface area contributed by atoms with E-state index in [2.05, 4.69) is 26.1 Å². The quantitative estimate of drug-likeness (QED) is 0.201. The van der Waals surface area contributed by atoms with Crippen LogP contribution in [0.25, 0.3) is 10.9 Å². The Labute approximate surface area is 288 Å². The van der Waals surface area contributed by atoms with Crippen LogP contribution in [0.3, 0.4) is 0 Å². The van der Waals surface area contributed by atoms with Gasteiger partial charge in [0.2, 0.25) is 23.6 Å². The first kappa shape index (κ1) is 34.4. The standard InChI is InChI=1S/C36H41N7O7/c1-21(2)31-17-29(41-50-31)35(48)42-13-12-37-33(46)27(14-22-8-4-3-5-9-22)40-34(47)30-16-24(44)19-43(30)36(49)28(39-32(45)20-42)15-23-18-38-26-11-7-6-10-25(23)26/h3-11,17-18,21,24,27-28,30,38,44H,12-16,19-20H2,1-2H3,(H,37,46)(H,39,45)(H,40,47)/t24-,27+,28-,30+/m1/s1. The SMILES string of the molecule is CC(C)c1cc(C(=O)N2CCNC(=O)[C@H](Cc3ccccc3)NC(=O)[C@@H]3C[C@@H](O)CN3C(=O)[C@@H](Cc3c[nH]c4ccccc34)NC(=O)C2)no1. The number of hydrogen-bond acceptors (Lipinski definition) is 8. The van der Waals surface area contributed by atoms with Gasteiger partial charge in [-0.2, -0.15) is 0 Å². The predicted octanol–water partition coefficient (Wildman–Crippen LogP) is 1.27. The number of hydrogen-bond donors (Lipinski definition) is 5. The predicted molar refractivity (Wildman–Crippen MR) is 182 cm³/mol. The van der Waals surface area contributed by atoms with E-state index in [9.17, 15) is 29.1 Å². The summed E-state index contributed by atoms with van der Waals surface area (Å²) in [6, 6.07) is 15.0.